The van der Waals surface area contributed by atoms with Crippen LogP contribution in [0, 0.1) is 17.5 Å². The summed E-state index contributed by atoms with van der Waals surface area (Å²) in [6.45, 7) is 3.99. The maximum absolute atomic E-state index is 14.8. The molecular weight excluding hydrogens is 421 g/mol. The molecule has 1 aliphatic heterocycles. The number of rotatable bonds is 6. The predicted octanol–water partition coefficient (Wildman–Crippen LogP) is 6.37. The molecule has 0 unspecified atom stereocenters. The lowest BCUT2D eigenvalue weighted by Crippen LogP contribution is -2.16. The van der Waals surface area contributed by atoms with Crippen LogP contribution in [0.2, 0.25) is 0 Å². The third kappa shape index (κ3) is 4.02. The highest BCUT2D eigenvalue weighted by Gasteiger charge is 2.30. The van der Waals surface area contributed by atoms with E-state index < -0.39 is 34.7 Å². The molecule has 7 heteroatoms. The number of hydrogen-bond donors (Lipinski definition) is 0. The first kappa shape index (κ1) is 21.7. The van der Waals surface area contributed by atoms with E-state index in [1.807, 2.05) is 12.1 Å². The zero-order chi connectivity index (χ0) is 22.8. The number of fused-ring (bicyclic) bond motifs is 2. The molecule has 0 fully saturated rings. The number of carbonyl (C=O) groups is 1. The van der Waals surface area contributed by atoms with E-state index >= 15 is 0 Å². The van der Waals surface area contributed by atoms with E-state index in [-0.39, 0.29) is 35.8 Å². The molecule has 32 heavy (non-hydrogen) atoms. The van der Waals surface area contributed by atoms with Gasteiger partial charge in [0.05, 0.1) is 12.2 Å². The highest BCUT2D eigenvalue weighted by Crippen LogP contribution is 2.43. The molecular formula is C25H21F3O4. The van der Waals surface area contributed by atoms with Gasteiger partial charge in [0.2, 0.25) is 11.6 Å². The van der Waals surface area contributed by atoms with E-state index in [4.69, 9.17) is 14.2 Å². The average molecular weight is 442 g/mol. The lowest BCUT2D eigenvalue weighted by Gasteiger charge is -2.23. The Labute approximate surface area is 183 Å². The smallest absolute Gasteiger partial charge is 0.346 e. The van der Waals surface area contributed by atoms with Crippen molar-refractivity contribution in [2.45, 2.75) is 33.1 Å². The maximum Gasteiger partial charge on any atom is 0.346 e. The van der Waals surface area contributed by atoms with Crippen LogP contribution in [0.15, 0.2) is 42.5 Å². The van der Waals surface area contributed by atoms with Crippen LogP contribution in [0.4, 0.5) is 13.2 Å². The summed E-state index contributed by atoms with van der Waals surface area (Å²) in [6.07, 6.45) is 1.91. The molecule has 0 radical (unpaired) electrons. The molecule has 0 spiro atoms. The fraction of sp³-hybridized carbons (Fsp3) is 0.240. The normalized spacial score (nSPS) is 11.9. The van der Waals surface area contributed by atoms with Crippen molar-refractivity contribution < 1.29 is 32.2 Å². The van der Waals surface area contributed by atoms with Gasteiger partial charge in [-0.25, -0.2) is 9.18 Å². The van der Waals surface area contributed by atoms with Crippen LogP contribution in [0.25, 0.3) is 0 Å². The number of ether oxygens (including phenoxy) is 3. The van der Waals surface area contributed by atoms with E-state index in [0.717, 1.165) is 18.4 Å². The van der Waals surface area contributed by atoms with E-state index in [2.05, 4.69) is 6.92 Å². The Morgan fingerprint density at radius 2 is 1.66 bits per heavy atom. The minimum atomic E-state index is -1.42. The molecule has 3 aromatic rings. The second kappa shape index (κ2) is 8.94. The van der Waals surface area contributed by atoms with Gasteiger partial charge in [-0.3, -0.25) is 0 Å². The quantitative estimate of drug-likeness (QED) is 0.257. The topological polar surface area (TPSA) is 44.8 Å². The minimum Gasteiger partial charge on any atom is -0.491 e. The van der Waals surface area contributed by atoms with Gasteiger partial charge in [-0.15, -0.1) is 0 Å². The molecule has 4 nitrogen and oxygen atoms in total. The summed E-state index contributed by atoms with van der Waals surface area (Å²) in [5, 5.41) is 0. The zero-order valence-electron chi connectivity index (χ0n) is 17.6. The van der Waals surface area contributed by atoms with Crippen LogP contribution in [0.3, 0.4) is 0 Å². The van der Waals surface area contributed by atoms with Crippen molar-refractivity contribution in [3.05, 3.63) is 82.2 Å². The van der Waals surface area contributed by atoms with Crippen molar-refractivity contribution >= 4 is 5.97 Å². The standard InChI is InChI=1S/C25H21F3O4/c1-3-5-14-6-9-17(10-7-14)31-25(29)18-13-16-12-15-8-11-19(30-4-2)21(27)23(15)32-24(16)22(28)20(18)26/h6-11,13H,3-5,12H2,1-2H3. The molecule has 0 aromatic heterocycles. The second-order valence-electron chi connectivity index (χ2n) is 7.40. The number of hydrogen-bond acceptors (Lipinski definition) is 4. The van der Waals surface area contributed by atoms with Gasteiger partial charge in [0.1, 0.15) is 5.75 Å². The molecule has 4 rings (SSSR count). The highest BCUT2D eigenvalue weighted by atomic mass is 19.2. The van der Waals surface area contributed by atoms with Gasteiger partial charge in [0.25, 0.3) is 0 Å². The van der Waals surface area contributed by atoms with E-state index in [9.17, 15) is 18.0 Å². The lowest BCUT2D eigenvalue weighted by molar-refractivity contribution is 0.0728. The van der Waals surface area contributed by atoms with Crippen LogP contribution in [0.5, 0.6) is 23.0 Å². The zero-order valence-corrected chi connectivity index (χ0v) is 17.6. The first-order valence-electron chi connectivity index (χ1n) is 10.4. The summed E-state index contributed by atoms with van der Waals surface area (Å²) in [4.78, 5) is 12.6. The van der Waals surface area contributed by atoms with E-state index in [1.54, 1.807) is 25.1 Å². The highest BCUT2D eigenvalue weighted by molar-refractivity contribution is 5.92. The molecule has 3 aromatic carbocycles. The largest absolute Gasteiger partial charge is 0.491 e. The average Bonchev–Trinajstić information content (AvgIpc) is 2.79. The number of benzene rings is 3. The third-order valence-electron chi connectivity index (χ3n) is 5.16. The second-order valence-corrected chi connectivity index (χ2v) is 7.40. The van der Waals surface area contributed by atoms with Gasteiger partial charge in [0, 0.05) is 17.5 Å². The molecule has 0 amide bonds. The Bertz CT molecular complexity index is 1170. The number of carbonyl (C=O) groups excluding carboxylic acids is 1. The summed E-state index contributed by atoms with van der Waals surface area (Å²) >= 11 is 0. The molecule has 0 saturated carbocycles. The van der Waals surface area contributed by atoms with Crippen LogP contribution in [0.1, 0.15) is 47.3 Å². The number of halogens is 3. The molecule has 0 bridgehead atoms. The molecule has 0 aliphatic carbocycles. The van der Waals surface area contributed by atoms with Crippen molar-refractivity contribution in [3.8, 4) is 23.0 Å². The SMILES string of the molecule is CCCc1ccc(OC(=O)c2cc3c(c(F)c2F)Oc2c(ccc(OCC)c2F)C3)cc1. The van der Waals surface area contributed by atoms with Gasteiger partial charge in [-0.05, 0) is 43.2 Å². The van der Waals surface area contributed by atoms with Crippen molar-refractivity contribution in [2.24, 2.45) is 0 Å². The number of aryl methyl sites for hydroxylation is 1. The Balaban J connectivity index is 1.62. The van der Waals surface area contributed by atoms with Gasteiger partial charge in [-0.2, -0.15) is 8.78 Å². The van der Waals surface area contributed by atoms with Crippen molar-refractivity contribution in [1.82, 2.24) is 0 Å². The first-order valence-corrected chi connectivity index (χ1v) is 10.4. The van der Waals surface area contributed by atoms with Gasteiger partial charge in [0.15, 0.2) is 23.1 Å². The van der Waals surface area contributed by atoms with Crippen molar-refractivity contribution in [1.29, 1.82) is 0 Å². The lowest BCUT2D eigenvalue weighted by atomic mass is 9.97. The first-order chi connectivity index (χ1) is 15.4. The van der Waals surface area contributed by atoms with Gasteiger partial charge in [-0.1, -0.05) is 31.5 Å². The van der Waals surface area contributed by atoms with Crippen molar-refractivity contribution in [3.63, 3.8) is 0 Å². The Morgan fingerprint density at radius 3 is 2.34 bits per heavy atom. The predicted molar refractivity (Wildman–Crippen MR) is 112 cm³/mol. The molecule has 0 atom stereocenters. The summed E-state index contributed by atoms with van der Waals surface area (Å²) < 4.78 is 59.9. The third-order valence-corrected chi connectivity index (χ3v) is 5.16. The summed E-state index contributed by atoms with van der Waals surface area (Å²) in [5.41, 5.74) is 1.16. The Kier molecular flexibility index (Phi) is 6.08. The summed E-state index contributed by atoms with van der Waals surface area (Å²) in [6, 6.07) is 11.0. The van der Waals surface area contributed by atoms with Crippen LogP contribution in [-0.2, 0) is 12.8 Å². The number of esters is 1. The monoisotopic (exact) mass is 442 g/mol. The van der Waals surface area contributed by atoms with Crippen LogP contribution < -0.4 is 14.2 Å². The fourth-order valence-corrected chi connectivity index (χ4v) is 3.63. The molecule has 0 N–H and O–H groups in total. The van der Waals surface area contributed by atoms with Gasteiger partial charge >= 0.3 is 5.97 Å². The molecule has 1 aliphatic rings. The maximum atomic E-state index is 14.8. The fourth-order valence-electron chi connectivity index (χ4n) is 3.63. The summed E-state index contributed by atoms with van der Waals surface area (Å²) in [5.74, 6) is -5.10. The minimum absolute atomic E-state index is 0.0410. The Morgan fingerprint density at radius 1 is 0.938 bits per heavy atom. The molecule has 166 valence electrons. The molecule has 1 heterocycles. The van der Waals surface area contributed by atoms with Crippen molar-refractivity contribution in [2.75, 3.05) is 6.61 Å². The summed E-state index contributed by atoms with van der Waals surface area (Å²) in [7, 11) is 0. The Hall–Kier alpha value is -3.48. The van der Waals surface area contributed by atoms with Gasteiger partial charge < -0.3 is 14.2 Å². The van der Waals surface area contributed by atoms with Crippen LogP contribution in [-0.4, -0.2) is 12.6 Å². The van der Waals surface area contributed by atoms with E-state index in [1.165, 1.54) is 12.1 Å². The molecule has 0 saturated heterocycles. The van der Waals surface area contributed by atoms with Crippen LogP contribution >= 0.6 is 0 Å². The van der Waals surface area contributed by atoms with E-state index in [0.29, 0.717) is 5.56 Å².